The van der Waals surface area contributed by atoms with Gasteiger partial charge in [-0.25, -0.2) is 4.98 Å². The maximum absolute atomic E-state index is 12.0. The first kappa shape index (κ1) is 16.7. The van der Waals surface area contributed by atoms with E-state index < -0.39 is 0 Å². The molecule has 0 saturated carbocycles. The Morgan fingerprint density at radius 2 is 2.05 bits per heavy atom. The smallest absolute Gasteiger partial charge is 0.265 e. The molecule has 1 rings (SSSR count). The summed E-state index contributed by atoms with van der Waals surface area (Å²) in [6, 6.07) is 0.253. The molecule has 0 unspecified atom stereocenters. The highest BCUT2D eigenvalue weighted by Gasteiger charge is 2.15. The van der Waals surface area contributed by atoms with Gasteiger partial charge < -0.3 is 21.5 Å². The van der Waals surface area contributed by atoms with E-state index in [2.05, 4.69) is 15.6 Å². The van der Waals surface area contributed by atoms with Crippen LogP contribution in [0.4, 0.5) is 10.9 Å². The molecule has 1 aromatic rings. The topological polar surface area (TPSA) is 100 Å². The molecule has 20 heavy (non-hydrogen) atoms. The van der Waals surface area contributed by atoms with Crippen LogP contribution in [-0.4, -0.2) is 35.2 Å². The number of anilines is 2. The molecule has 1 aromatic heterocycles. The third-order valence-electron chi connectivity index (χ3n) is 2.64. The highest BCUT2D eigenvalue weighted by atomic mass is 32.1. The van der Waals surface area contributed by atoms with Crippen LogP contribution in [0.5, 0.6) is 0 Å². The summed E-state index contributed by atoms with van der Waals surface area (Å²) in [5.41, 5.74) is 5.76. The van der Waals surface area contributed by atoms with Gasteiger partial charge in [0.1, 0.15) is 10.7 Å². The van der Waals surface area contributed by atoms with Crippen LogP contribution in [0.1, 0.15) is 49.2 Å². The van der Waals surface area contributed by atoms with Crippen LogP contribution in [0.15, 0.2) is 0 Å². The molecule has 0 saturated heterocycles. The third-order valence-corrected chi connectivity index (χ3v) is 3.64. The molecule has 5 N–H and O–H groups in total. The van der Waals surface area contributed by atoms with E-state index in [1.807, 2.05) is 13.8 Å². The van der Waals surface area contributed by atoms with Gasteiger partial charge in [0.05, 0.1) is 0 Å². The number of nitrogen functional groups attached to an aromatic ring is 1. The monoisotopic (exact) mass is 300 g/mol. The largest absolute Gasteiger partial charge is 0.396 e. The van der Waals surface area contributed by atoms with Crippen LogP contribution in [-0.2, 0) is 0 Å². The second-order valence-electron chi connectivity index (χ2n) is 4.93. The predicted octanol–water partition coefficient (Wildman–Crippen LogP) is 1.83. The number of nitrogens with zero attached hydrogens (tertiary/aromatic N) is 1. The SMILES string of the molecule is CC(C)Nc1nc(N)c(C(=O)NCCCCCCO)s1. The van der Waals surface area contributed by atoms with Crippen molar-refractivity contribution < 1.29 is 9.90 Å². The van der Waals surface area contributed by atoms with E-state index in [1.54, 1.807) is 0 Å². The van der Waals surface area contributed by atoms with Gasteiger partial charge in [-0.15, -0.1) is 0 Å². The van der Waals surface area contributed by atoms with Crippen molar-refractivity contribution in [2.75, 3.05) is 24.2 Å². The normalized spacial score (nSPS) is 10.8. The number of rotatable bonds is 9. The Labute approximate surface area is 123 Å². The van der Waals surface area contributed by atoms with Crippen molar-refractivity contribution in [2.24, 2.45) is 0 Å². The summed E-state index contributed by atoms with van der Waals surface area (Å²) in [7, 11) is 0. The van der Waals surface area contributed by atoms with Gasteiger partial charge in [-0.3, -0.25) is 4.79 Å². The fraction of sp³-hybridized carbons (Fsp3) is 0.692. The maximum atomic E-state index is 12.0. The number of carbonyl (C=O) groups is 1. The number of aromatic nitrogens is 1. The number of nitrogens with one attached hydrogen (secondary N) is 2. The summed E-state index contributed by atoms with van der Waals surface area (Å²) in [4.78, 5) is 16.6. The predicted molar refractivity (Wildman–Crippen MR) is 83.2 cm³/mol. The van der Waals surface area contributed by atoms with Gasteiger partial charge in [0.2, 0.25) is 0 Å². The van der Waals surface area contributed by atoms with Crippen LogP contribution in [0.3, 0.4) is 0 Å². The second kappa shape index (κ2) is 8.76. The Morgan fingerprint density at radius 3 is 2.70 bits per heavy atom. The lowest BCUT2D eigenvalue weighted by molar-refractivity contribution is 0.0957. The summed E-state index contributed by atoms with van der Waals surface area (Å²) < 4.78 is 0. The summed E-state index contributed by atoms with van der Waals surface area (Å²) >= 11 is 1.28. The summed E-state index contributed by atoms with van der Waals surface area (Å²) in [6.45, 7) is 4.86. The van der Waals surface area contributed by atoms with Crippen LogP contribution >= 0.6 is 11.3 Å². The quantitative estimate of drug-likeness (QED) is 0.521. The number of nitrogens with two attached hydrogens (primary N) is 1. The van der Waals surface area contributed by atoms with Gasteiger partial charge in [-0.1, -0.05) is 24.2 Å². The Kier molecular flexibility index (Phi) is 7.32. The van der Waals surface area contributed by atoms with E-state index >= 15 is 0 Å². The number of aliphatic hydroxyl groups is 1. The number of hydrogen-bond donors (Lipinski definition) is 4. The number of hydrogen-bond acceptors (Lipinski definition) is 6. The van der Waals surface area contributed by atoms with Crippen LogP contribution in [0.2, 0.25) is 0 Å². The standard InChI is InChI=1S/C13H24N4O2S/c1-9(2)16-13-17-11(14)10(20-13)12(19)15-7-5-3-4-6-8-18/h9,18H,3-8,14H2,1-2H3,(H,15,19)(H,16,17). The van der Waals surface area contributed by atoms with Gasteiger partial charge in [0.15, 0.2) is 5.13 Å². The lowest BCUT2D eigenvalue weighted by atomic mass is 10.2. The zero-order valence-corrected chi connectivity index (χ0v) is 12.9. The Balaban J connectivity index is 2.37. The van der Waals surface area contributed by atoms with Crippen molar-refractivity contribution in [3.05, 3.63) is 4.88 Å². The van der Waals surface area contributed by atoms with E-state index in [9.17, 15) is 4.79 Å². The fourth-order valence-electron chi connectivity index (χ4n) is 1.68. The maximum Gasteiger partial charge on any atom is 0.265 e. The molecule has 0 aliphatic carbocycles. The zero-order chi connectivity index (χ0) is 15.0. The van der Waals surface area contributed by atoms with E-state index in [-0.39, 0.29) is 24.4 Å². The lowest BCUT2D eigenvalue weighted by Gasteiger charge is -2.04. The fourth-order valence-corrected chi connectivity index (χ4v) is 2.62. The molecular weight excluding hydrogens is 276 g/mol. The van der Waals surface area contributed by atoms with Crippen molar-refractivity contribution in [1.29, 1.82) is 0 Å². The Hall–Kier alpha value is -1.34. The summed E-state index contributed by atoms with van der Waals surface area (Å²) in [5, 5.41) is 15.3. The Morgan fingerprint density at radius 1 is 1.35 bits per heavy atom. The molecule has 1 amide bonds. The molecule has 114 valence electrons. The van der Waals surface area contributed by atoms with Gasteiger partial charge >= 0.3 is 0 Å². The van der Waals surface area contributed by atoms with Crippen molar-refractivity contribution in [3.8, 4) is 0 Å². The first-order valence-corrected chi connectivity index (χ1v) is 7.78. The average molecular weight is 300 g/mol. The molecule has 6 nitrogen and oxygen atoms in total. The van der Waals surface area contributed by atoms with Crippen LogP contribution < -0.4 is 16.4 Å². The molecule has 1 heterocycles. The molecule has 0 radical (unpaired) electrons. The average Bonchev–Trinajstić information content (AvgIpc) is 2.73. The molecular formula is C13H24N4O2S. The molecule has 0 bridgehead atoms. The number of thiazole rings is 1. The number of unbranched alkanes of at least 4 members (excludes halogenated alkanes) is 3. The highest BCUT2D eigenvalue weighted by Crippen LogP contribution is 2.25. The molecule has 0 aliphatic heterocycles. The number of aliphatic hydroxyl groups excluding tert-OH is 1. The van der Waals surface area contributed by atoms with E-state index in [0.29, 0.717) is 16.6 Å². The summed E-state index contributed by atoms with van der Waals surface area (Å²) in [5.74, 6) is 0.106. The molecule has 0 aliphatic rings. The van der Waals surface area contributed by atoms with Crippen LogP contribution in [0.25, 0.3) is 0 Å². The minimum Gasteiger partial charge on any atom is -0.396 e. The molecule has 0 fully saturated rings. The molecule has 0 aromatic carbocycles. The highest BCUT2D eigenvalue weighted by molar-refractivity contribution is 7.18. The minimum absolute atomic E-state index is 0.168. The van der Waals surface area contributed by atoms with Crippen molar-refractivity contribution in [1.82, 2.24) is 10.3 Å². The third kappa shape index (κ3) is 5.75. The van der Waals surface area contributed by atoms with Gasteiger partial charge in [0.25, 0.3) is 5.91 Å². The molecule has 0 spiro atoms. The Bertz CT molecular complexity index is 421. The van der Waals surface area contributed by atoms with Crippen molar-refractivity contribution >= 4 is 28.2 Å². The molecule has 0 atom stereocenters. The number of carbonyl (C=O) groups excluding carboxylic acids is 1. The number of amides is 1. The second-order valence-corrected chi connectivity index (χ2v) is 5.93. The zero-order valence-electron chi connectivity index (χ0n) is 12.1. The van der Waals surface area contributed by atoms with Crippen molar-refractivity contribution in [2.45, 2.75) is 45.6 Å². The van der Waals surface area contributed by atoms with E-state index in [4.69, 9.17) is 10.8 Å². The van der Waals surface area contributed by atoms with Gasteiger partial charge in [-0.05, 0) is 26.7 Å². The van der Waals surface area contributed by atoms with Crippen molar-refractivity contribution in [3.63, 3.8) is 0 Å². The minimum atomic E-state index is -0.168. The first-order valence-electron chi connectivity index (χ1n) is 6.96. The van der Waals surface area contributed by atoms with E-state index in [0.717, 1.165) is 25.7 Å². The molecule has 7 heteroatoms. The van der Waals surface area contributed by atoms with Crippen LogP contribution in [0, 0.1) is 0 Å². The van der Waals surface area contributed by atoms with Gasteiger partial charge in [0, 0.05) is 19.2 Å². The summed E-state index contributed by atoms with van der Waals surface area (Å²) in [6.07, 6.45) is 3.71. The van der Waals surface area contributed by atoms with E-state index in [1.165, 1.54) is 11.3 Å². The van der Waals surface area contributed by atoms with Gasteiger partial charge in [-0.2, -0.15) is 0 Å². The first-order chi connectivity index (χ1) is 9.54. The lowest BCUT2D eigenvalue weighted by Crippen LogP contribution is -2.24.